The Kier molecular flexibility index (Phi) is 4.70. The molecule has 5 heteroatoms. The fraction of sp³-hybridized carbons (Fsp3) is 0.667. The SMILES string of the molecule is O=C(CCc1ccsc1)N1CCC(N2CCNCC2)C1. The van der Waals surface area contributed by atoms with E-state index in [2.05, 4.69) is 31.9 Å². The Morgan fingerprint density at radius 2 is 2.20 bits per heavy atom. The largest absolute Gasteiger partial charge is 0.341 e. The summed E-state index contributed by atoms with van der Waals surface area (Å²) in [6, 6.07) is 2.70. The van der Waals surface area contributed by atoms with Crippen molar-refractivity contribution >= 4 is 17.2 Å². The highest BCUT2D eigenvalue weighted by molar-refractivity contribution is 7.07. The van der Waals surface area contributed by atoms with E-state index in [1.165, 1.54) is 5.56 Å². The van der Waals surface area contributed by atoms with E-state index in [1.54, 1.807) is 11.3 Å². The second kappa shape index (κ2) is 6.70. The molecule has 1 N–H and O–H groups in total. The number of nitrogens with one attached hydrogen (secondary N) is 1. The van der Waals surface area contributed by atoms with Crippen molar-refractivity contribution in [3.63, 3.8) is 0 Å². The summed E-state index contributed by atoms with van der Waals surface area (Å²) in [5.74, 6) is 0.328. The van der Waals surface area contributed by atoms with E-state index in [0.29, 0.717) is 18.4 Å². The van der Waals surface area contributed by atoms with Crippen molar-refractivity contribution in [2.24, 2.45) is 0 Å². The van der Waals surface area contributed by atoms with Gasteiger partial charge in [-0.3, -0.25) is 9.69 Å². The molecule has 0 bridgehead atoms. The van der Waals surface area contributed by atoms with Crippen molar-refractivity contribution in [2.45, 2.75) is 25.3 Å². The summed E-state index contributed by atoms with van der Waals surface area (Å²) in [5.41, 5.74) is 1.29. The molecule has 1 amide bonds. The molecule has 2 aliphatic heterocycles. The molecule has 1 unspecified atom stereocenters. The monoisotopic (exact) mass is 293 g/mol. The number of nitrogens with zero attached hydrogens (tertiary/aromatic N) is 2. The third kappa shape index (κ3) is 3.40. The molecule has 0 saturated carbocycles. The average Bonchev–Trinajstić information content (AvgIpc) is 3.17. The lowest BCUT2D eigenvalue weighted by atomic mass is 10.2. The van der Waals surface area contributed by atoms with Gasteiger partial charge < -0.3 is 10.2 Å². The van der Waals surface area contributed by atoms with E-state index < -0.39 is 0 Å². The van der Waals surface area contributed by atoms with Crippen molar-refractivity contribution < 1.29 is 4.79 Å². The summed E-state index contributed by atoms with van der Waals surface area (Å²) >= 11 is 1.71. The molecule has 0 spiro atoms. The smallest absolute Gasteiger partial charge is 0.222 e. The van der Waals surface area contributed by atoms with Crippen LogP contribution in [0.25, 0.3) is 0 Å². The second-order valence-corrected chi connectivity index (χ2v) is 6.48. The summed E-state index contributed by atoms with van der Waals surface area (Å²) in [4.78, 5) is 16.9. The second-order valence-electron chi connectivity index (χ2n) is 5.70. The maximum absolute atomic E-state index is 12.3. The Labute approximate surface area is 124 Å². The maximum Gasteiger partial charge on any atom is 0.222 e. The number of carbonyl (C=O) groups is 1. The van der Waals surface area contributed by atoms with Crippen LogP contribution < -0.4 is 5.32 Å². The molecule has 1 aromatic rings. The van der Waals surface area contributed by atoms with Gasteiger partial charge in [-0.05, 0) is 35.2 Å². The third-order valence-corrected chi connectivity index (χ3v) is 5.12. The Morgan fingerprint density at radius 1 is 1.35 bits per heavy atom. The minimum atomic E-state index is 0.328. The van der Waals surface area contributed by atoms with Gasteiger partial charge in [0, 0.05) is 51.7 Å². The zero-order valence-corrected chi connectivity index (χ0v) is 12.7. The summed E-state index contributed by atoms with van der Waals surface area (Å²) in [5, 5.41) is 7.61. The van der Waals surface area contributed by atoms with Crippen LogP contribution in [0.4, 0.5) is 0 Å². The van der Waals surface area contributed by atoms with Crippen molar-refractivity contribution in [2.75, 3.05) is 39.3 Å². The van der Waals surface area contributed by atoms with Crippen LogP contribution in [0.2, 0.25) is 0 Å². The van der Waals surface area contributed by atoms with Crippen LogP contribution in [0.1, 0.15) is 18.4 Å². The van der Waals surface area contributed by atoms with Crippen LogP contribution >= 0.6 is 11.3 Å². The maximum atomic E-state index is 12.3. The molecule has 0 aromatic carbocycles. The minimum Gasteiger partial charge on any atom is -0.341 e. The molecule has 0 aliphatic carbocycles. The van der Waals surface area contributed by atoms with Gasteiger partial charge in [0.05, 0.1) is 0 Å². The molecule has 0 radical (unpaired) electrons. The standard InChI is InChI=1S/C15H23N3OS/c19-15(2-1-13-4-10-20-12-13)18-7-3-14(11-18)17-8-5-16-6-9-17/h4,10,12,14,16H,1-3,5-9,11H2. The molecule has 3 rings (SSSR count). The first-order chi connectivity index (χ1) is 9.83. The molecule has 2 aliphatic rings. The normalized spacial score (nSPS) is 24.2. The van der Waals surface area contributed by atoms with Gasteiger partial charge in [-0.25, -0.2) is 0 Å². The lowest BCUT2D eigenvalue weighted by Gasteiger charge is -2.32. The van der Waals surface area contributed by atoms with Crippen molar-refractivity contribution in [1.29, 1.82) is 0 Å². The van der Waals surface area contributed by atoms with E-state index in [4.69, 9.17) is 0 Å². The zero-order valence-electron chi connectivity index (χ0n) is 11.9. The summed E-state index contributed by atoms with van der Waals surface area (Å²) in [7, 11) is 0. The first-order valence-electron chi connectivity index (χ1n) is 7.56. The van der Waals surface area contributed by atoms with Gasteiger partial charge in [0.25, 0.3) is 0 Å². The lowest BCUT2D eigenvalue weighted by Crippen LogP contribution is -2.49. The van der Waals surface area contributed by atoms with Gasteiger partial charge in [-0.2, -0.15) is 11.3 Å². The first-order valence-corrected chi connectivity index (χ1v) is 8.51. The summed E-state index contributed by atoms with van der Waals surface area (Å²) in [6.07, 6.45) is 2.69. The highest BCUT2D eigenvalue weighted by atomic mass is 32.1. The number of amides is 1. The fourth-order valence-corrected chi connectivity index (χ4v) is 3.86. The first kappa shape index (κ1) is 14.0. The van der Waals surface area contributed by atoms with Crippen LogP contribution in [0.3, 0.4) is 0 Å². The van der Waals surface area contributed by atoms with Gasteiger partial charge >= 0.3 is 0 Å². The van der Waals surface area contributed by atoms with Gasteiger partial charge in [0.15, 0.2) is 0 Å². The summed E-state index contributed by atoms with van der Waals surface area (Å²) in [6.45, 7) is 6.30. The Bertz CT molecular complexity index is 428. The number of carbonyl (C=O) groups excluding carboxylic acids is 1. The zero-order chi connectivity index (χ0) is 13.8. The fourth-order valence-electron chi connectivity index (χ4n) is 3.16. The van der Waals surface area contributed by atoms with Crippen molar-refractivity contribution in [3.05, 3.63) is 22.4 Å². The topological polar surface area (TPSA) is 35.6 Å². The van der Waals surface area contributed by atoms with E-state index in [1.807, 2.05) is 0 Å². The number of thiophene rings is 1. The number of piperazine rings is 1. The van der Waals surface area contributed by atoms with E-state index >= 15 is 0 Å². The number of hydrogen-bond donors (Lipinski definition) is 1. The summed E-state index contributed by atoms with van der Waals surface area (Å²) < 4.78 is 0. The van der Waals surface area contributed by atoms with Gasteiger partial charge in [-0.15, -0.1) is 0 Å². The molecule has 3 heterocycles. The number of likely N-dealkylation sites (tertiary alicyclic amines) is 1. The third-order valence-electron chi connectivity index (χ3n) is 4.39. The van der Waals surface area contributed by atoms with Crippen LogP contribution in [0, 0.1) is 0 Å². The van der Waals surface area contributed by atoms with E-state index in [-0.39, 0.29) is 0 Å². The predicted octanol–water partition coefficient (Wildman–Crippen LogP) is 1.19. The van der Waals surface area contributed by atoms with Gasteiger partial charge in [0.1, 0.15) is 0 Å². The Balaban J connectivity index is 1.45. The number of rotatable bonds is 4. The molecule has 1 aromatic heterocycles. The van der Waals surface area contributed by atoms with Gasteiger partial charge in [-0.1, -0.05) is 0 Å². The molecular weight excluding hydrogens is 270 g/mol. The van der Waals surface area contributed by atoms with Crippen LogP contribution in [-0.2, 0) is 11.2 Å². The highest BCUT2D eigenvalue weighted by Gasteiger charge is 2.30. The Morgan fingerprint density at radius 3 is 2.95 bits per heavy atom. The van der Waals surface area contributed by atoms with E-state index in [9.17, 15) is 4.79 Å². The average molecular weight is 293 g/mol. The molecular formula is C15H23N3OS. The van der Waals surface area contributed by atoms with Crippen molar-refractivity contribution in [1.82, 2.24) is 15.1 Å². The molecule has 110 valence electrons. The Hall–Kier alpha value is -0.910. The van der Waals surface area contributed by atoms with Crippen LogP contribution in [0.5, 0.6) is 0 Å². The van der Waals surface area contributed by atoms with Gasteiger partial charge in [0.2, 0.25) is 5.91 Å². The quantitative estimate of drug-likeness (QED) is 0.906. The minimum absolute atomic E-state index is 0.328. The molecule has 4 nitrogen and oxygen atoms in total. The highest BCUT2D eigenvalue weighted by Crippen LogP contribution is 2.18. The molecule has 2 saturated heterocycles. The van der Waals surface area contributed by atoms with Crippen LogP contribution in [-0.4, -0.2) is 61.0 Å². The molecule has 2 fully saturated rings. The van der Waals surface area contributed by atoms with Crippen LogP contribution in [0.15, 0.2) is 16.8 Å². The number of hydrogen-bond acceptors (Lipinski definition) is 4. The predicted molar refractivity (Wildman–Crippen MR) is 82.1 cm³/mol. The lowest BCUT2D eigenvalue weighted by molar-refractivity contribution is -0.130. The number of aryl methyl sites for hydroxylation is 1. The molecule has 1 atom stereocenters. The van der Waals surface area contributed by atoms with Crippen molar-refractivity contribution in [3.8, 4) is 0 Å². The van der Waals surface area contributed by atoms with E-state index in [0.717, 1.165) is 52.1 Å². The molecule has 20 heavy (non-hydrogen) atoms.